The van der Waals surface area contributed by atoms with Crippen molar-refractivity contribution in [3.8, 4) is 5.88 Å². The second-order valence-corrected chi connectivity index (χ2v) is 11.2. The predicted molar refractivity (Wildman–Crippen MR) is 127 cm³/mol. The summed E-state index contributed by atoms with van der Waals surface area (Å²) in [6.07, 6.45) is 0. The molecule has 1 saturated heterocycles. The fraction of sp³-hybridized carbons (Fsp3) is 0.412. The van der Waals surface area contributed by atoms with Gasteiger partial charge < -0.3 is 25.4 Å². The van der Waals surface area contributed by atoms with Crippen molar-refractivity contribution >= 4 is 70.6 Å². The first-order valence-electron chi connectivity index (χ1n) is 9.77. The van der Waals surface area contributed by atoms with Crippen LogP contribution >= 0.6 is 46.8 Å². The molecule has 0 spiro atoms. The largest absolute Gasteiger partial charge is 0.492 e. The lowest BCUT2D eigenvalue weighted by atomic mass is 9.98. The van der Waals surface area contributed by atoms with E-state index in [1.54, 1.807) is 7.05 Å². The van der Waals surface area contributed by atoms with Crippen LogP contribution in [0.15, 0.2) is 20.6 Å². The number of carboxylic acid groups (broad SMARTS) is 2. The lowest BCUT2D eigenvalue weighted by molar-refractivity contribution is -0.192. The molecule has 4 heterocycles. The average Bonchev–Trinajstić information content (AvgIpc) is 3.43. The normalized spacial score (nSPS) is 21.2. The van der Waals surface area contributed by atoms with Crippen molar-refractivity contribution in [2.75, 3.05) is 24.4 Å². The summed E-state index contributed by atoms with van der Waals surface area (Å²) in [5, 5.41) is 41.9. The molecule has 0 radical (unpaired) electrons. The molecule has 2 aliphatic heterocycles. The van der Waals surface area contributed by atoms with Crippen molar-refractivity contribution in [1.29, 1.82) is 0 Å². The topological polar surface area (TPSA) is 210 Å². The minimum Gasteiger partial charge on any atom is -0.492 e. The number of hydrogen-bond donors (Lipinski definition) is 4. The van der Waals surface area contributed by atoms with Gasteiger partial charge in [0.2, 0.25) is 16.9 Å². The Morgan fingerprint density at radius 3 is 2.64 bits per heavy atom. The second-order valence-electron chi connectivity index (χ2n) is 7.22. The zero-order valence-electron chi connectivity index (χ0n) is 18.4. The highest BCUT2D eigenvalue weighted by Crippen LogP contribution is 2.47. The number of aromatic nitrogens is 5. The molecular weight excluding hydrogens is 558 g/mol. The van der Waals surface area contributed by atoms with E-state index in [9.17, 15) is 34.5 Å². The average molecular weight is 576 g/mol. The number of thioether (sulfide) groups is 3. The number of rotatable bonds is 10. The van der Waals surface area contributed by atoms with Gasteiger partial charge in [-0.25, -0.2) is 14.3 Å². The van der Waals surface area contributed by atoms with Crippen molar-refractivity contribution in [3.05, 3.63) is 16.8 Å². The Morgan fingerprint density at radius 1 is 1.28 bits per heavy atom. The SMILES string of the molecule is CO[C@@]1(NC(=O)CSc2snc(O)c2C(=O)O)C(=O)N2C(C(=O)O)=C(CSc3nnnn3C)CSC21. The molecule has 2 aliphatic rings. The number of tetrazole rings is 1. The fourth-order valence-corrected chi connectivity index (χ4v) is 7.59. The van der Waals surface area contributed by atoms with Gasteiger partial charge in [0.1, 0.15) is 16.6 Å². The number of carbonyl (C=O) groups is 4. The maximum Gasteiger partial charge on any atom is 0.352 e. The molecule has 0 aliphatic carbocycles. The molecule has 15 nitrogen and oxygen atoms in total. The number of nitrogens with zero attached hydrogens (tertiary/aromatic N) is 6. The van der Waals surface area contributed by atoms with Crippen LogP contribution in [0.3, 0.4) is 0 Å². The molecule has 192 valence electrons. The van der Waals surface area contributed by atoms with Gasteiger partial charge in [-0.3, -0.25) is 14.5 Å². The molecule has 0 bridgehead atoms. The van der Waals surface area contributed by atoms with Gasteiger partial charge in [0.15, 0.2) is 0 Å². The van der Waals surface area contributed by atoms with Crippen molar-refractivity contribution in [3.63, 3.8) is 0 Å². The molecule has 2 amide bonds. The molecule has 2 aromatic heterocycles. The first-order chi connectivity index (χ1) is 17.1. The lowest BCUT2D eigenvalue weighted by Crippen LogP contribution is -2.80. The van der Waals surface area contributed by atoms with Crippen molar-refractivity contribution < 1.29 is 39.2 Å². The summed E-state index contributed by atoms with van der Waals surface area (Å²) in [6.45, 7) is 0. The van der Waals surface area contributed by atoms with Crippen LogP contribution in [0, 0.1) is 0 Å². The number of carbonyl (C=O) groups excluding carboxylic acids is 2. The minimum absolute atomic E-state index is 0.117. The van der Waals surface area contributed by atoms with Crippen molar-refractivity contribution in [2.45, 2.75) is 20.5 Å². The summed E-state index contributed by atoms with van der Waals surface area (Å²) in [7, 11) is 2.87. The standard InChI is InChI=1S/C17H17N7O8S4/c1-23-16(19-21-22-23)35-4-6-3-34-15-17(32-2,14(31)24(15)9(6)12(29)30)18-7(25)5-33-13-8(11(27)28)10(26)20-36-13/h15H,3-5H2,1-2H3,(H,18,25)(H,20,26)(H,27,28)(H,29,30)/t15?,17-/m0/s1. The number of aromatic hydroxyl groups is 1. The zero-order valence-corrected chi connectivity index (χ0v) is 21.7. The third kappa shape index (κ3) is 4.51. The van der Waals surface area contributed by atoms with Crippen LogP contribution in [0.2, 0.25) is 0 Å². The minimum atomic E-state index is -1.79. The molecule has 4 rings (SSSR count). The van der Waals surface area contributed by atoms with Crippen LogP contribution in [-0.2, 0) is 26.2 Å². The fourth-order valence-electron chi connectivity index (χ4n) is 3.47. The van der Waals surface area contributed by atoms with E-state index in [4.69, 9.17) is 4.74 Å². The number of aromatic carboxylic acids is 1. The van der Waals surface area contributed by atoms with E-state index in [1.807, 2.05) is 0 Å². The summed E-state index contributed by atoms with van der Waals surface area (Å²) in [5.41, 5.74) is -1.90. The highest BCUT2D eigenvalue weighted by atomic mass is 32.2. The number of β-lactam (4-membered cyclic amide) rings is 1. The molecule has 4 N–H and O–H groups in total. The number of ether oxygens (including phenoxy) is 1. The van der Waals surface area contributed by atoms with E-state index in [0.29, 0.717) is 10.7 Å². The summed E-state index contributed by atoms with van der Waals surface area (Å²) in [4.78, 5) is 50.3. The number of methoxy groups -OCH3 is 1. The maximum atomic E-state index is 13.2. The Morgan fingerprint density at radius 2 is 2.03 bits per heavy atom. The van der Waals surface area contributed by atoms with E-state index < -0.39 is 46.3 Å². The van der Waals surface area contributed by atoms with Crippen LogP contribution in [0.1, 0.15) is 10.4 Å². The molecule has 2 aromatic rings. The van der Waals surface area contributed by atoms with Crippen molar-refractivity contribution in [1.82, 2.24) is 34.8 Å². The lowest BCUT2D eigenvalue weighted by Gasteiger charge is -2.55. The Kier molecular flexibility index (Phi) is 7.46. The van der Waals surface area contributed by atoms with Gasteiger partial charge in [-0.1, -0.05) is 11.8 Å². The third-order valence-electron chi connectivity index (χ3n) is 5.11. The molecule has 0 aromatic carbocycles. The molecule has 1 fully saturated rings. The van der Waals surface area contributed by atoms with Gasteiger partial charge in [-0.2, -0.15) is 4.37 Å². The number of nitrogens with one attached hydrogen (secondary N) is 1. The van der Waals surface area contributed by atoms with E-state index in [-0.39, 0.29) is 27.2 Å². The van der Waals surface area contributed by atoms with E-state index in [1.165, 1.54) is 35.3 Å². The maximum absolute atomic E-state index is 13.2. The van der Waals surface area contributed by atoms with Gasteiger partial charge >= 0.3 is 11.9 Å². The van der Waals surface area contributed by atoms with Gasteiger partial charge in [-0.15, -0.1) is 28.6 Å². The van der Waals surface area contributed by atoms with E-state index in [2.05, 4.69) is 25.2 Å². The molecular formula is C17H17N7O8S4. The highest BCUT2D eigenvalue weighted by molar-refractivity contribution is 8.01. The molecule has 0 saturated carbocycles. The van der Waals surface area contributed by atoms with Gasteiger partial charge in [0.05, 0.1) is 9.96 Å². The number of aliphatic carboxylic acids is 1. The van der Waals surface area contributed by atoms with Crippen molar-refractivity contribution in [2.24, 2.45) is 7.05 Å². The Labute approximate surface area is 218 Å². The van der Waals surface area contributed by atoms with Crippen LogP contribution in [0.25, 0.3) is 0 Å². The van der Waals surface area contributed by atoms with Gasteiger partial charge in [0.25, 0.3) is 11.6 Å². The first kappa shape index (κ1) is 26.2. The Bertz CT molecular complexity index is 1280. The quantitative estimate of drug-likeness (QED) is 0.162. The highest BCUT2D eigenvalue weighted by Gasteiger charge is 2.66. The first-order valence-corrected chi connectivity index (χ1v) is 13.6. The number of hydrogen-bond acceptors (Lipinski definition) is 14. The molecule has 1 unspecified atom stereocenters. The molecule has 36 heavy (non-hydrogen) atoms. The van der Waals surface area contributed by atoms with Crippen LogP contribution in [0.5, 0.6) is 5.88 Å². The smallest absolute Gasteiger partial charge is 0.352 e. The van der Waals surface area contributed by atoms with Gasteiger partial charge in [-0.05, 0) is 27.5 Å². The van der Waals surface area contributed by atoms with Crippen LogP contribution in [-0.4, -0.2) is 104 Å². The summed E-state index contributed by atoms with van der Waals surface area (Å²) >= 11 is 4.00. The summed E-state index contributed by atoms with van der Waals surface area (Å²) < 4.78 is 10.5. The summed E-state index contributed by atoms with van der Waals surface area (Å²) in [5.74, 6) is -4.55. The molecule has 2 atom stereocenters. The summed E-state index contributed by atoms with van der Waals surface area (Å²) in [6, 6.07) is 0. The monoisotopic (exact) mass is 575 g/mol. The van der Waals surface area contributed by atoms with E-state index >= 15 is 0 Å². The Balaban J connectivity index is 1.47. The van der Waals surface area contributed by atoms with Crippen LogP contribution < -0.4 is 5.32 Å². The van der Waals surface area contributed by atoms with E-state index in [0.717, 1.165) is 28.2 Å². The number of amides is 2. The number of aryl methyl sites for hydroxylation is 1. The van der Waals surface area contributed by atoms with Gasteiger partial charge in [0, 0.05) is 25.7 Å². The van der Waals surface area contributed by atoms with Crippen LogP contribution in [0.4, 0.5) is 0 Å². The Hall–Kier alpha value is -2.87. The second kappa shape index (κ2) is 10.2. The third-order valence-corrected chi connectivity index (χ3v) is 9.66. The predicted octanol–water partition coefficient (Wildman–Crippen LogP) is -0.332. The zero-order chi connectivity index (χ0) is 26.2. The number of carboxylic acids is 2. The molecule has 19 heteroatoms. The number of fused-ring (bicyclic) bond motifs is 1.